The van der Waals surface area contributed by atoms with Crippen molar-refractivity contribution in [2.24, 2.45) is 0 Å². The van der Waals surface area contributed by atoms with Crippen LogP contribution >= 0.6 is 11.3 Å². The van der Waals surface area contributed by atoms with Gasteiger partial charge in [0, 0.05) is 34.9 Å². The highest BCUT2D eigenvalue weighted by Gasteiger charge is 2.50. The summed E-state index contributed by atoms with van der Waals surface area (Å²) in [7, 11) is 1.57. The fraction of sp³-hybridized carbons (Fsp3) is 0.531. The van der Waals surface area contributed by atoms with Crippen molar-refractivity contribution in [1.82, 2.24) is 20.9 Å². The summed E-state index contributed by atoms with van der Waals surface area (Å²) in [6.07, 6.45) is 8.55. The fourth-order valence-electron chi connectivity index (χ4n) is 5.34. The Labute approximate surface area is 266 Å². The maximum Gasteiger partial charge on any atom is 0.243 e. The molecule has 2 aliphatic heterocycles. The minimum absolute atomic E-state index is 0. The molecule has 3 N–H and O–H groups in total. The molecule has 0 bridgehead atoms. The van der Waals surface area contributed by atoms with Crippen molar-refractivity contribution in [3.63, 3.8) is 0 Å². The number of aromatic nitrogens is 1. The van der Waals surface area contributed by atoms with Crippen LogP contribution in [0.5, 0.6) is 5.75 Å². The number of hydrogen-bond acceptors (Lipinski definition) is 9. The van der Waals surface area contributed by atoms with Gasteiger partial charge >= 0.3 is 0 Å². The van der Waals surface area contributed by atoms with Crippen molar-refractivity contribution in [3.8, 4) is 5.75 Å². The van der Waals surface area contributed by atoms with Crippen molar-refractivity contribution < 1.29 is 32.9 Å². The van der Waals surface area contributed by atoms with Crippen LogP contribution in [-0.4, -0.2) is 79.0 Å². The Kier molecular flexibility index (Phi) is 10.00. The Hall–Kier alpha value is -3.77. The first-order valence-corrected chi connectivity index (χ1v) is 16.0. The van der Waals surface area contributed by atoms with Crippen LogP contribution in [0, 0.1) is 0 Å². The van der Waals surface area contributed by atoms with E-state index in [1.807, 2.05) is 12.1 Å². The van der Waals surface area contributed by atoms with Crippen LogP contribution in [0.25, 0.3) is 0 Å². The lowest BCUT2D eigenvalue weighted by Crippen LogP contribution is -2.56. The van der Waals surface area contributed by atoms with E-state index in [0.29, 0.717) is 18.8 Å². The van der Waals surface area contributed by atoms with Crippen LogP contribution in [-0.2, 0) is 36.8 Å². The number of thiazole rings is 1. The summed E-state index contributed by atoms with van der Waals surface area (Å²) in [6.45, 7) is 5.58. The number of anilines is 1. The zero-order valence-corrected chi connectivity index (χ0v) is 26.3. The number of carbonyl (C=O) groups is 4. The molecule has 0 saturated carbocycles. The molecule has 3 heterocycles. The molecule has 0 radical (unpaired) electrons. The number of amides is 3. The van der Waals surface area contributed by atoms with Crippen LogP contribution in [0.2, 0.25) is 0 Å². The number of nitrogens with zero attached hydrogens (tertiary/aromatic N) is 2. The number of allylic oxidation sites excluding steroid dienone is 1. The number of benzene rings is 1. The van der Waals surface area contributed by atoms with Gasteiger partial charge in [-0.1, -0.05) is 23.8 Å². The summed E-state index contributed by atoms with van der Waals surface area (Å²) in [5, 5.41) is 9.39. The number of ketones is 1. The zero-order valence-electron chi connectivity index (χ0n) is 25.5. The minimum atomic E-state index is -0.989. The molecule has 2 saturated heterocycles. The smallest absolute Gasteiger partial charge is 0.243 e. The molecule has 0 spiro atoms. The molecule has 44 heavy (non-hydrogen) atoms. The Morgan fingerprint density at radius 1 is 1.07 bits per heavy atom. The van der Waals surface area contributed by atoms with Crippen molar-refractivity contribution in [3.05, 3.63) is 52.6 Å². The van der Waals surface area contributed by atoms with Crippen molar-refractivity contribution in [1.29, 1.82) is 0 Å². The van der Waals surface area contributed by atoms with Crippen LogP contribution in [0.15, 0.2) is 42.1 Å². The van der Waals surface area contributed by atoms with E-state index >= 15 is 0 Å². The quantitative estimate of drug-likeness (QED) is 0.201. The van der Waals surface area contributed by atoms with Gasteiger partial charge in [-0.05, 0) is 63.6 Å². The molecule has 2 aromatic rings. The van der Waals surface area contributed by atoms with E-state index in [1.165, 1.54) is 11.3 Å². The number of nitrogens with one attached hydrogen (secondary N) is 3. The highest BCUT2D eigenvalue weighted by atomic mass is 32.1. The van der Waals surface area contributed by atoms with Crippen LogP contribution in [0.1, 0.15) is 60.7 Å². The van der Waals surface area contributed by atoms with Gasteiger partial charge < -0.3 is 30.3 Å². The van der Waals surface area contributed by atoms with E-state index < -0.39 is 35.5 Å². The Morgan fingerprint density at radius 2 is 1.80 bits per heavy atom. The molecule has 2 fully saturated rings. The van der Waals surface area contributed by atoms with Gasteiger partial charge in [-0.15, -0.1) is 11.3 Å². The Balaban J connectivity index is 0.00000256. The second-order valence-electron chi connectivity index (χ2n) is 11.9. The lowest BCUT2D eigenvalue weighted by molar-refractivity contribution is -0.134. The number of epoxide rings is 1. The molecule has 12 heteroatoms. The number of carbonyl (C=O) groups excluding carboxylic acids is 4. The normalized spacial score (nSPS) is 20.9. The lowest BCUT2D eigenvalue weighted by Gasteiger charge is -2.30. The highest BCUT2D eigenvalue weighted by molar-refractivity contribution is 7.15. The molecule has 0 unspecified atom stereocenters. The van der Waals surface area contributed by atoms with E-state index in [0.717, 1.165) is 59.9 Å². The molecule has 3 amide bonds. The summed E-state index contributed by atoms with van der Waals surface area (Å²) in [4.78, 5) is 60.6. The first kappa shape index (κ1) is 31.6. The topological polar surface area (TPSA) is 142 Å². The second-order valence-corrected chi connectivity index (χ2v) is 13.0. The second kappa shape index (κ2) is 13.9. The van der Waals surface area contributed by atoms with Gasteiger partial charge in [0.15, 0.2) is 10.9 Å². The van der Waals surface area contributed by atoms with Gasteiger partial charge in [0.1, 0.15) is 23.4 Å². The van der Waals surface area contributed by atoms with Crippen LogP contribution < -0.4 is 25.6 Å². The predicted octanol–water partition coefficient (Wildman–Crippen LogP) is 3.22. The number of methoxy groups -OCH3 is 1. The van der Waals surface area contributed by atoms with E-state index in [-0.39, 0.29) is 28.8 Å². The minimum Gasteiger partial charge on any atom is -0.497 e. The molecule has 1 aromatic carbocycles. The fourth-order valence-corrected chi connectivity index (χ4v) is 6.30. The molecular formula is C32H47N5O6S. The highest BCUT2D eigenvalue weighted by Crippen LogP contribution is 2.31. The van der Waals surface area contributed by atoms with Crippen LogP contribution in [0.3, 0.4) is 0 Å². The third-order valence-corrected chi connectivity index (χ3v) is 9.40. The van der Waals surface area contributed by atoms with E-state index in [2.05, 4.69) is 31.9 Å². The SMILES string of the molecule is COc1ccc(C[C@H](NC(=O)[C@H](C)NC(=O)Cc2cnc(N3CCC3)s2)C(=O)N[C@@H](CC2=CCCC2)C(=O)[C@@]2(C)CO2)cc1.[HH].[HH].[HH]. The molecule has 4 atom stereocenters. The van der Waals surface area contributed by atoms with Crippen LogP contribution in [0.4, 0.5) is 5.13 Å². The lowest BCUT2D eigenvalue weighted by atomic mass is 9.94. The zero-order chi connectivity index (χ0) is 31.3. The molecule has 1 aliphatic carbocycles. The number of ether oxygens (including phenoxy) is 2. The number of hydrogen-bond donors (Lipinski definition) is 3. The summed E-state index contributed by atoms with van der Waals surface area (Å²) >= 11 is 1.48. The van der Waals surface area contributed by atoms with Gasteiger partial charge in [-0.2, -0.15) is 0 Å². The van der Waals surface area contributed by atoms with Gasteiger partial charge in [0.25, 0.3) is 0 Å². The molecular weight excluding hydrogens is 582 g/mol. The predicted molar refractivity (Wildman–Crippen MR) is 173 cm³/mol. The van der Waals surface area contributed by atoms with Gasteiger partial charge in [-0.3, -0.25) is 19.2 Å². The largest absolute Gasteiger partial charge is 0.497 e. The van der Waals surface area contributed by atoms with Crippen molar-refractivity contribution in [2.45, 2.75) is 82.5 Å². The van der Waals surface area contributed by atoms with E-state index in [9.17, 15) is 19.2 Å². The standard InChI is InChI=1S/C32H41N5O6S.3H2/c1-20(34-27(38)17-24-18-33-31(44-24)37-13-6-14-37)29(40)36-26(16-22-9-11-23(42-3)12-10-22)30(41)35-25(15-21-7-4-5-8-21)28(39)32(2)19-43-32;;;/h7,9-12,18,20,25-26H,4-6,8,13-17,19H2,1-3H3,(H,34,38)(H,35,41)(H,36,40);3*1H/t20-,25-,26-,32+;;;/m0.../s1. The molecule has 5 rings (SSSR count). The third kappa shape index (κ3) is 8.03. The maximum atomic E-state index is 13.8. The van der Waals surface area contributed by atoms with Gasteiger partial charge in [0.2, 0.25) is 17.7 Å². The molecule has 1 aromatic heterocycles. The summed E-state index contributed by atoms with van der Waals surface area (Å²) < 4.78 is 10.7. The summed E-state index contributed by atoms with van der Waals surface area (Å²) in [5.74, 6) is -0.792. The van der Waals surface area contributed by atoms with Gasteiger partial charge in [0.05, 0.1) is 26.2 Å². The summed E-state index contributed by atoms with van der Waals surface area (Å²) in [5.41, 5.74) is 1.03. The molecule has 11 nitrogen and oxygen atoms in total. The first-order chi connectivity index (χ1) is 21.1. The Bertz CT molecular complexity index is 1410. The third-order valence-electron chi connectivity index (χ3n) is 8.34. The maximum absolute atomic E-state index is 13.8. The number of Topliss-reactive ketones (excluding diaryl/α,β-unsaturated/α-hetero) is 1. The molecule has 3 aliphatic rings. The average molecular weight is 630 g/mol. The molecule has 242 valence electrons. The first-order valence-electron chi connectivity index (χ1n) is 15.2. The van der Waals surface area contributed by atoms with E-state index in [1.54, 1.807) is 39.3 Å². The number of rotatable bonds is 15. The monoisotopic (exact) mass is 629 g/mol. The van der Waals surface area contributed by atoms with E-state index in [4.69, 9.17) is 9.47 Å². The van der Waals surface area contributed by atoms with Gasteiger partial charge in [-0.25, -0.2) is 4.98 Å². The summed E-state index contributed by atoms with van der Waals surface area (Å²) in [6, 6.07) is 4.56. The van der Waals surface area contributed by atoms with Crippen molar-refractivity contribution >= 4 is 40.0 Å². The Morgan fingerprint density at radius 3 is 2.41 bits per heavy atom. The van der Waals surface area contributed by atoms with Crippen molar-refractivity contribution in [2.75, 3.05) is 31.7 Å². The average Bonchev–Trinajstić information content (AvgIpc) is 3.31.